The summed E-state index contributed by atoms with van der Waals surface area (Å²) in [6.45, 7) is 1.61. The number of primary sulfonamides is 1. The molecule has 0 spiro atoms. The van der Waals surface area contributed by atoms with Crippen LogP contribution in [0, 0.1) is 0 Å². The number of ether oxygens (including phenoxy) is 1. The minimum atomic E-state index is -3.67. The largest absolute Gasteiger partial charge is 0.492 e. The molecule has 9 heteroatoms. The van der Waals surface area contributed by atoms with Crippen molar-refractivity contribution in [2.75, 3.05) is 13.7 Å². The quantitative estimate of drug-likeness (QED) is 0.727. The minimum absolute atomic E-state index is 0.0582. The van der Waals surface area contributed by atoms with Gasteiger partial charge in [0, 0.05) is 12.7 Å². The standard InChI is InChI=1S/C12H17N5O3S/c1-14-8-10-9-17(16-15-10)6-7-20-11-2-4-12(5-3-11)21(13,18)19/h2-5,9,14H,6-8H2,1H3,(H2,13,18,19). The van der Waals surface area contributed by atoms with Crippen molar-refractivity contribution < 1.29 is 13.2 Å². The lowest BCUT2D eigenvalue weighted by Crippen LogP contribution is -2.12. The molecule has 8 nitrogen and oxygen atoms in total. The molecule has 3 N–H and O–H groups in total. The minimum Gasteiger partial charge on any atom is -0.492 e. The molecular weight excluding hydrogens is 294 g/mol. The van der Waals surface area contributed by atoms with Gasteiger partial charge in [-0.2, -0.15) is 0 Å². The molecule has 1 heterocycles. The van der Waals surface area contributed by atoms with E-state index < -0.39 is 10.0 Å². The molecule has 0 amide bonds. The zero-order chi connectivity index (χ0) is 15.3. The van der Waals surface area contributed by atoms with Crippen molar-refractivity contribution >= 4 is 10.0 Å². The molecule has 0 saturated carbocycles. The Morgan fingerprint density at radius 2 is 2.05 bits per heavy atom. The molecule has 21 heavy (non-hydrogen) atoms. The van der Waals surface area contributed by atoms with Crippen molar-refractivity contribution in [3.63, 3.8) is 0 Å². The van der Waals surface area contributed by atoms with Crippen LogP contribution in [-0.4, -0.2) is 37.1 Å². The summed E-state index contributed by atoms with van der Waals surface area (Å²) in [5.41, 5.74) is 0.856. The highest BCUT2D eigenvalue weighted by atomic mass is 32.2. The highest BCUT2D eigenvalue weighted by Crippen LogP contribution is 2.14. The second-order valence-corrected chi connectivity index (χ2v) is 5.93. The van der Waals surface area contributed by atoms with Gasteiger partial charge in [-0.3, -0.25) is 0 Å². The normalized spacial score (nSPS) is 11.5. The van der Waals surface area contributed by atoms with Gasteiger partial charge in [0.15, 0.2) is 0 Å². The van der Waals surface area contributed by atoms with Crippen LogP contribution in [0.2, 0.25) is 0 Å². The Bertz CT molecular complexity index is 681. The molecule has 0 aliphatic heterocycles. The van der Waals surface area contributed by atoms with Gasteiger partial charge in [-0.05, 0) is 31.3 Å². The van der Waals surface area contributed by atoms with Gasteiger partial charge in [-0.1, -0.05) is 5.21 Å². The first kappa shape index (κ1) is 15.4. The number of rotatable bonds is 7. The molecule has 0 fully saturated rings. The molecule has 2 rings (SSSR count). The second-order valence-electron chi connectivity index (χ2n) is 4.37. The van der Waals surface area contributed by atoms with Crippen LogP contribution in [0.4, 0.5) is 0 Å². The van der Waals surface area contributed by atoms with Crippen LogP contribution in [-0.2, 0) is 23.1 Å². The molecule has 2 aromatic rings. The summed E-state index contributed by atoms with van der Waals surface area (Å²) >= 11 is 0. The van der Waals surface area contributed by atoms with Gasteiger partial charge in [0.2, 0.25) is 10.0 Å². The van der Waals surface area contributed by atoms with Gasteiger partial charge in [-0.25, -0.2) is 18.2 Å². The lowest BCUT2D eigenvalue weighted by atomic mass is 10.3. The Morgan fingerprint density at radius 3 is 2.67 bits per heavy atom. The average Bonchev–Trinajstić information content (AvgIpc) is 2.86. The second kappa shape index (κ2) is 6.66. The number of benzene rings is 1. The van der Waals surface area contributed by atoms with E-state index in [0.29, 0.717) is 25.4 Å². The van der Waals surface area contributed by atoms with Crippen molar-refractivity contribution in [1.29, 1.82) is 0 Å². The number of nitrogens with zero attached hydrogens (tertiary/aromatic N) is 3. The summed E-state index contributed by atoms with van der Waals surface area (Å²) in [5, 5.41) is 16.0. The summed E-state index contributed by atoms with van der Waals surface area (Å²) in [7, 11) is -1.83. The number of nitrogens with two attached hydrogens (primary N) is 1. The van der Waals surface area contributed by atoms with Crippen LogP contribution in [0.15, 0.2) is 35.4 Å². The summed E-state index contributed by atoms with van der Waals surface area (Å²) in [6, 6.07) is 5.94. The van der Waals surface area contributed by atoms with E-state index in [1.807, 2.05) is 13.2 Å². The topological polar surface area (TPSA) is 112 Å². The van der Waals surface area contributed by atoms with E-state index in [2.05, 4.69) is 15.6 Å². The molecule has 1 aromatic heterocycles. The van der Waals surface area contributed by atoms with Gasteiger partial charge < -0.3 is 10.1 Å². The predicted molar refractivity (Wildman–Crippen MR) is 76.1 cm³/mol. The number of sulfonamides is 1. The molecule has 0 unspecified atom stereocenters. The predicted octanol–water partition coefficient (Wildman–Crippen LogP) is -0.276. The van der Waals surface area contributed by atoms with E-state index in [-0.39, 0.29) is 4.90 Å². The highest BCUT2D eigenvalue weighted by Gasteiger charge is 2.07. The monoisotopic (exact) mass is 311 g/mol. The SMILES string of the molecule is CNCc1cn(CCOc2ccc(S(N)(=O)=O)cc2)nn1. The molecular formula is C12H17N5O3S. The summed E-state index contributed by atoms with van der Waals surface area (Å²) in [4.78, 5) is 0.0582. The number of hydrogen-bond acceptors (Lipinski definition) is 6. The summed E-state index contributed by atoms with van der Waals surface area (Å²) in [5.74, 6) is 0.568. The van der Waals surface area contributed by atoms with Gasteiger partial charge in [-0.15, -0.1) is 5.10 Å². The van der Waals surface area contributed by atoms with Crippen LogP contribution in [0.3, 0.4) is 0 Å². The fourth-order valence-corrected chi connectivity index (χ4v) is 2.21. The number of nitrogens with one attached hydrogen (secondary N) is 1. The third kappa shape index (κ3) is 4.52. The third-order valence-electron chi connectivity index (χ3n) is 2.69. The van der Waals surface area contributed by atoms with Gasteiger partial charge in [0.05, 0.1) is 17.1 Å². The van der Waals surface area contributed by atoms with Crippen LogP contribution in [0.5, 0.6) is 5.75 Å². The Hall–Kier alpha value is -1.97. The smallest absolute Gasteiger partial charge is 0.238 e. The molecule has 0 saturated heterocycles. The molecule has 0 atom stereocenters. The highest BCUT2D eigenvalue weighted by molar-refractivity contribution is 7.89. The van der Waals surface area contributed by atoms with Crippen LogP contribution in [0.1, 0.15) is 5.69 Å². The van der Waals surface area contributed by atoms with Gasteiger partial charge in [0.25, 0.3) is 0 Å². The van der Waals surface area contributed by atoms with Crippen LogP contribution < -0.4 is 15.2 Å². The maximum absolute atomic E-state index is 11.1. The number of hydrogen-bond donors (Lipinski definition) is 2. The van der Waals surface area contributed by atoms with Crippen molar-refractivity contribution in [3.05, 3.63) is 36.2 Å². The molecule has 114 valence electrons. The molecule has 1 aromatic carbocycles. The summed E-state index contributed by atoms with van der Waals surface area (Å²) in [6.07, 6.45) is 1.84. The summed E-state index contributed by atoms with van der Waals surface area (Å²) < 4.78 is 29.4. The van der Waals surface area contributed by atoms with Crippen molar-refractivity contribution in [3.8, 4) is 5.75 Å². The van der Waals surface area contributed by atoms with Crippen molar-refractivity contribution in [1.82, 2.24) is 20.3 Å². The molecule has 0 aliphatic rings. The molecule has 0 radical (unpaired) electrons. The van der Waals surface area contributed by atoms with Crippen molar-refractivity contribution in [2.45, 2.75) is 18.0 Å². The lowest BCUT2D eigenvalue weighted by Gasteiger charge is -2.06. The maximum atomic E-state index is 11.1. The van der Waals surface area contributed by atoms with Crippen molar-refractivity contribution in [2.24, 2.45) is 5.14 Å². The maximum Gasteiger partial charge on any atom is 0.238 e. The Morgan fingerprint density at radius 1 is 1.33 bits per heavy atom. The first-order valence-corrected chi connectivity index (χ1v) is 7.83. The van der Waals surface area contributed by atoms with E-state index in [1.54, 1.807) is 16.8 Å². The Kier molecular flexibility index (Phi) is 4.89. The van der Waals surface area contributed by atoms with E-state index in [4.69, 9.17) is 9.88 Å². The fourth-order valence-electron chi connectivity index (χ4n) is 1.69. The van der Waals surface area contributed by atoms with E-state index in [9.17, 15) is 8.42 Å². The average molecular weight is 311 g/mol. The molecule has 0 aliphatic carbocycles. The zero-order valence-electron chi connectivity index (χ0n) is 11.6. The van der Waals surface area contributed by atoms with E-state index >= 15 is 0 Å². The lowest BCUT2D eigenvalue weighted by molar-refractivity contribution is 0.289. The van der Waals surface area contributed by atoms with E-state index in [1.165, 1.54) is 12.1 Å². The number of aromatic nitrogens is 3. The van der Waals surface area contributed by atoms with Gasteiger partial charge in [0.1, 0.15) is 12.4 Å². The fraction of sp³-hybridized carbons (Fsp3) is 0.333. The third-order valence-corrected chi connectivity index (χ3v) is 3.61. The van der Waals surface area contributed by atoms with E-state index in [0.717, 1.165) is 5.69 Å². The molecule has 0 bridgehead atoms. The van der Waals surface area contributed by atoms with Crippen LogP contribution in [0.25, 0.3) is 0 Å². The van der Waals surface area contributed by atoms with Gasteiger partial charge >= 0.3 is 0 Å². The Labute approximate surface area is 123 Å². The zero-order valence-corrected chi connectivity index (χ0v) is 12.4. The first-order chi connectivity index (χ1) is 9.99. The van der Waals surface area contributed by atoms with Crippen LogP contribution >= 0.6 is 0 Å². The Balaban J connectivity index is 1.85. The first-order valence-electron chi connectivity index (χ1n) is 6.28.